The topological polar surface area (TPSA) is 6.48 Å². The maximum absolute atomic E-state index is 3.52. The zero-order chi connectivity index (χ0) is 18.0. The van der Waals surface area contributed by atoms with Crippen molar-refractivity contribution in [2.24, 2.45) is 0 Å². The van der Waals surface area contributed by atoms with Gasteiger partial charge >= 0.3 is 0 Å². The molecule has 0 rings (SSSR count). The third kappa shape index (κ3) is 7.75. The van der Waals surface area contributed by atoms with E-state index in [1.165, 1.54) is 0 Å². The molecule has 0 aromatic heterocycles. The fourth-order valence-corrected chi connectivity index (χ4v) is 21.5. The van der Waals surface area contributed by atoms with Crippen LogP contribution in [-0.2, 0) is 0 Å². The molecule has 0 bridgehead atoms. The van der Waals surface area contributed by atoms with Gasteiger partial charge in [0.25, 0.3) is 0 Å². The highest BCUT2D eigenvalue weighted by Crippen LogP contribution is 2.20. The van der Waals surface area contributed by atoms with Gasteiger partial charge in [-0.05, 0) is 0 Å². The Hall–Kier alpha value is 0.348. The van der Waals surface area contributed by atoms with Crippen LogP contribution in [0.5, 0.6) is 0 Å². The van der Waals surface area contributed by atoms with Crippen molar-refractivity contribution in [3.8, 4) is 11.8 Å². The molecule has 0 aliphatic rings. The van der Waals surface area contributed by atoms with Gasteiger partial charge in [-0.2, -0.15) is 0 Å². The van der Waals surface area contributed by atoms with E-state index in [0.717, 1.165) is 13.1 Å². The minimum absolute atomic E-state index is 0.969. The molecule has 0 aliphatic heterocycles. The van der Waals surface area contributed by atoms with Crippen LogP contribution in [0.3, 0.4) is 0 Å². The van der Waals surface area contributed by atoms with E-state index in [1.807, 2.05) is 0 Å². The summed E-state index contributed by atoms with van der Waals surface area (Å²) in [5, 5.41) is 0. The largest absolute Gasteiger partial charge is 0.336 e. The molecule has 0 amide bonds. The molecule has 6 heteroatoms. The van der Waals surface area contributed by atoms with Gasteiger partial charge < -0.3 is 8.46 Å². The van der Waals surface area contributed by atoms with Crippen molar-refractivity contribution < 1.29 is 0 Å². The zero-order valence-corrected chi connectivity index (χ0v) is 21.3. The molecule has 0 heterocycles. The molecule has 0 aromatic rings. The Bertz CT molecular complexity index is 345. The van der Waals surface area contributed by atoms with Crippen LogP contribution in [0.25, 0.3) is 0 Å². The van der Waals surface area contributed by atoms with Crippen LogP contribution >= 0.6 is 0 Å². The number of hydrogen-bond donors (Lipinski definition) is 0. The Morgan fingerprint density at radius 2 is 0.636 bits per heavy atom. The summed E-state index contributed by atoms with van der Waals surface area (Å²) in [6.07, 6.45) is 0. The second-order valence-corrected chi connectivity index (χ2v) is 30.6. The van der Waals surface area contributed by atoms with E-state index in [-0.39, 0.29) is 0 Å². The van der Waals surface area contributed by atoms with Crippen LogP contribution in [0, 0.1) is 11.8 Å². The summed E-state index contributed by atoms with van der Waals surface area (Å²) < 4.78 is 5.53. The first kappa shape index (κ1) is 22.3. The number of hydrogen-bond acceptors (Lipinski definition) is 2. The molecule has 22 heavy (non-hydrogen) atoms. The minimum atomic E-state index is -1.28. The fraction of sp³-hybridized carbons (Fsp3) is 0.875. The van der Waals surface area contributed by atoms with Gasteiger partial charge in [0.05, 0.1) is 0 Å². The van der Waals surface area contributed by atoms with Gasteiger partial charge in [-0.3, -0.25) is 0 Å². The Morgan fingerprint density at radius 1 is 0.455 bits per heavy atom. The van der Waals surface area contributed by atoms with E-state index >= 15 is 0 Å². The summed E-state index contributed by atoms with van der Waals surface area (Å²) in [5.74, 6) is 7.04. The van der Waals surface area contributed by atoms with Crippen molar-refractivity contribution in [3.05, 3.63) is 0 Å². The van der Waals surface area contributed by atoms with Crippen molar-refractivity contribution in [3.63, 3.8) is 0 Å². The molecule has 0 aromatic carbocycles. The molecule has 130 valence electrons. The molecule has 0 saturated carbocycles. The Balaban J connectivity index is 5.03. The normalized spacial score (nSPS) is 14.3. The van der Waals surface area contributed by atoms with Crippen LogP contribution in [0.4, 0.5) is 0 Å². The first-order valence-electron chi connectivity index (χ1n) is 8.48. The monoisotopic (exact) mass is 372 g/mol. The van der Waals surface area contributed by atoms with Crippen molar-refractivity contribution in [2.75, 3.05) is 13.1 Å². The molecule has 0 N–H and O–H groups in total. The van der Waals surface area contributed by atoms with Crippen molar-refractivity contribution in [1.29, 1.82) is 0 Å². The molecule has 0 fully saturated rings. The van der Waals surface area contributed by atoms with E-state index in [9.17, 15) is 0 Å². The van der Waals surface area contributed by atoms with Crippen LogP contribution in [0.1, 0.15) is 0 Å². The molecular formula is C16H40N2Si4. The SMILES string of the molecule is C[Si](C)(C)N(CC#CCN([Si](C)(C)C)[Si](C)(C)C)[Si](C)(C)C. The Morgan fingerprint density at radius 3 is 0.773 bits per heavy atom. The Kier molecular flexibility index (Phi) is 7.61. The quantitative estimate of drug-likeness (QED) is 0.481. The summed E-state index contributed by atoms with van der Waals surface area (Å²) in [5.41, 5.74) is 0. The van der Waals surface area contributed by atoms with Crippen LogP contribution in [0.15, 0.2) is 0 Å². The first-order chi connectivity index (χ1) is 9.47. The van der Waals surface area contributed by atoms with Gasteiger partial charge in [0.2, 0.25) is 0 Å². The third-order valence-electron chi connectivity index (χ3n) is 3.84. The highest BCUT2D eigenvalue weighted by Gasteiger charge is 2.34. The van der Waals surface area contributed by atoms with Crippen LogP contribution in [0.2, 0.25) is 78.6 Å². The van der Waals surface area contributed by atoms with E-state index in [4.69, 9.17) is 0 Å². The lowest BCUT2D eigenvalue weighted by molar-refractivity contribution is 0.687. The summed E-state index contributed by atoms with van der Waals surface area (Å²) in [4.78, 5) is 0. The minimum Gasteiger partial charge on any atom is -0.336 e. The third-order valence-corrected chi connectivity index (χ3v) is 19.0. The van der Waals surface area contributed by atoms with Gasteiger partial charge in [-0.25, -0.2) is 0 Å². The van der Waals surface area contributed by atoms with Gasteiger partial charge in [0.15, 0.2) is 0 Å². The van der Waals surface area contributed by atoms with Crippen molar-refractivity contribution >= 4 is 32.9 Å². The number of nitrogens with zero attached hydrogens (tertiary/aromatic N) is 2. The molecule has 0 saturated heterocycles. The summed E-state index contributed by atoms with van der Waals surface area (Å²) in [6.45, 7) is 31.3. The highest BCUT2D eigenvalue weighted by molar-refractivity contribution is 6.90. The van der Waals surface area contributed by atoms with E-state index in [0.29, 0.717) is 0 Å². The molecule has 0 radical (unpaired) electrons. The summed E-state index contributed by atoms with van der Waals surface area (Å²) in [6, 6.07) is 0. The predicted octanol–water partition coefficient (Wildman–Crippen LogP) is 4.93. The van der Waals surface area contributed by atoms with E-state index in [2.05, 4.69) is 98.9 Å². The molecule has 0 unspecified atom stereocenters. The lowest BCUT2D eigenvalue weighted by Gasteiger charge is -2.43. The highest BCUT2D eigenvalue weighted by atomic mass is 28.4. The van der Waals surface area contributed by atoms with E-state index in [1.54, 1.807) is 0 Å². The molecular weight excluding hydrogens is 333 g/mol. The lowest BCUT2D eigenvalue weighted by atomic mass is 10.6. The fourth-order valence-electron chi connectivity index (χ4n) is 3.23. The lowest BCUT2D eigenvalue weighted by Crippen LogP contribution is -2.59. The maximum atomic E-state index is 3.52. The number of rotatable bonds is 6. The van der Waals surface area contributed by atoms with Crippen molar-refractivity contribution in [1.82, 2.24) is 8.46 Å². The van der Waals surface area contributed by atoms with Crippen molar-refractivity contribution in [2.45, 2.75) is 78.6 Å². The zero-order valence-electron chi connectivity index (χ0n) is 17.3. The maximum Gasteiger partial charge on any atom is 0.113 e. The van der Waals surface area contributed by atoms with Gasteiger partial charge in [-0.15, -0.1) is 0 Å². The van der Waals surface area contributed by atoms with Gasteiger partial charge in [0, 0.05) is 13.1 Å². The summed E-state index contributed by atoms with van der Waals surface area (Å²) >= 11 is 0. The second kappa shape index (κ2) is 7.49. The summed E-state index contributed by atoms with van der Waals surface area (Å²) in [7, 11) is -5.10. The molecule has 2 nitrogen and oxygen atoms in total. The molecule has 0 aliphatic carbocycles. The van der Waals surface area contributed by atoms with Gasteiger partial charge in [0.1, 0.15) is 32.9 Å². The van der Waals surface area contributed by atoms with Crippen LogP contribution < -0.4 is 0 Å². The first-order valence-corrected chi connectivity index (χ1v) is 22.3. The molecule has 0 atom stereocenters. The second-order valence-electron chi connectivity index (χ2n) is 10.2. The average molecular weight is 373 g/mol. The van der Waals surface area contributed by atoms with Crippen LogP contribution in [-0.4, -0.2) is 54.5 Å². The Labute approximate surface area is 145 Å². The smallest absolute Gasteiger partial charge is 0.113 e. The molecule has 0 spiro atoms. The van der Waals surface area contributed by atoms with Gasteiger partial charge in [-0.1, -0.05) is 90.4 Å². The predicted molar refractivity (Wildman–Crippen MR) is 115 cm³/mol. The average Bonchev–Trinajstić information content (AvgIpc) is 2.14. The standard InChI is InChI=1S/C16H40N2Si4/c1-19(2,3)17(20(4,5)6)15-13-14-16-18(21(7,8)9)22(10,11)12/h15-16H2,1-12H3. The van der Waals surface area contributed by atoms with E-state index < -0.39 is 32.9 Å².